The molecule has 5 aromatic rings. The molecule has 240 valence electrons. The number of fused-ring (bicyclic) bond motifs is 2. The van der Waals surface area contributed by atoms with Gasteiger partial charge in [-0.25, -0.2) is 4.99 Å². The Hall–Kier alpha value is -5.15. The van der Waals surface area contributed by atoms with Crippen molar-refractivity contribution >= 4 is 34.1 Å². The van der Waals surface area contributed by atoms with Gasteiger partial charge in [0.2, 0.25) is 0 Å². The standard InChI is InChI=1S/C38H37N3O5S/c1-6-40(7-2)37(43)34-24(3)39-38-41(35(34)30-22-28(44-4)19-20-32(30)45-5)36(42)33(47-38)21-26-14-9-11-18-31(26)46-23-27-16-12-15-25-13-8-10-17-29(25)27/h8-22,35H,6-7,23H2,1-5H3/b33-21+/t35-/m0/s1. The van der Waals surface area contributed by atoms with E-state index in [0.717, 1.165) is 21.9 Å². The van der Waals surface area contributed by atoms with Crippen molar-refractivity contribution < 1.29 is 19.0 Å². The van der Waals surface area contributed by atoms with Gasteiger partial charge in [-0.15, -0.1) is 0 Å². The molecule has 1 aromatic heterocycles. The molecule has 0 unspecified atom stereocenters. The van der Waals surface area contributed by atoms with Crippen LogP contribution in [-0.2, 0) is 11.4 Å². The predicted molar refractivity (Wildman–Crippen MR) is 186 cm³/mol. The summed E-state index contributed by atoms with van der Waals surface area (Å²) in [6.07, 6.45) is 1.84. The normalized spacial score (nSPS) is 14.5. The van der Waals surface area contributed by atoms with Crippen molar-refractivity contribution in [1.82, 2.24) is 9.47 Å². The predicted octanol–water partition coefficient (Wildman–Crippen LogP) is 5.85. The van der Waals surface area contributed by atoms with E-state index in [1.807, 2.05) is 75.4 Å². The lowest BCUT2D eigenvalue weighted by Gasteiger charge is -2.30. The number of ether oxygens (including phenoxy) is 3. The molecule has 4 aromatic carbocycles. The largest absolute Gasteiger partial charge is 0.497 e. The SMILES string of the molecule is CCN(CC)C(=O)C1=C(C)N=c2s/c(=C/c3ccccc3OCc3cccc4ccccc34)c(=O)n2[C@H]1c1cc(OC)ccc1OC. The third-order valence-corrected chi connectivity index (χ3v) is 9.49. The molecule has 1 atom stereocenters. The molecular formula is C38H37N3O5S. The molecule has 6 rings (SSSR count). The van der Waals surface area contributed by atoms with Gasteiger partial charge in [-0.05, 0) is 67.4 Å². The van der Waals surface area contributed by atoms with E-state index in [9.17, 15) is 9.59 Å². The maximum Gasteiger partial charge on any atom is 0.271 e. The van der Waals surface area contributed by atoms with Crippen LogP contribution in [-0.4, -0.2) is 42.7 Å². The molecule has 9 heteroatoms. The number of allylic oxidation sites excluding steroid dienone is 1. The third-order valence-electron chi connectivity index (χ3n) is 8.50. The number of aromatic nitrogens is 1. The molecule has 1 aliphatic rings. The number of likely N-dealkylation sites (N-methyl/N-ethyl adjacent to an activating group) is 1. The molecule has 0 radical (unpaired) electrons. The van der Waals surface area contributed by atoms with Crippen molar-refractivity contribution in [2.24, 2.45) is 4.99 Å². The van der Waals surface area contributed by atoms with E-state index < -0.39 is 6.04 Å². The van der Waals surface area contributed by atoms with Gasteiger partial charge < -0.3 is 19.1 Å². The average Bonchev–Trinajstić information content (AvgIpc) is 3.40. The van der Waals surface area contributed by atoms with Gasteiger partial charge in [0.1, 0.15) is 29.9 Å². The number of para-hydroxylation sites is 1. The van der Waals surface area contributed by atoms with Gasteiger partial charge in [-0.1, -0.05) is 72.0 Å². The summed E-state index contributed by atoms with van der Waals surface area (Å²) in [6, 6.07) is 26.7. The topological polar surface area (TPSA) is 82.4 Å². The number of carbonyl (C=O) groups is 1. The van der Waals surface area contributed by atoms with E-state index in [-0.39, 0.29) is 11.5 Å². The van der Waals surface area contributed by atoms with Gasteiger partial charge in [-0.2, -0.15) is 0 Å². The lowest BCUT2D eigenvalue weighted by atomic mass is 9.93. The molecule has 47 heavy (non-hydrogen) atoms. The lowest BCUT2D eigenvalue weighted by Crippen LogP contribution is -2.43. The number of carbonyl (C=O) groups excluding carboxylic acids is 1. The minimum absolute atomic E-state index is 0.174. The molecule has 8 nitrogen and oxygen atoms in total. The van der Waals surface area contributed by atoms with Crippen LogP contribution in [0.5, 0.6) is 17.2 Å². The van der Waals surface area contributed by atoms with Crippen LogP contribution < -0.4 is 29.1 Å². The number of hydrogen-bond donors (Lipinski definition) is 0. The Morgan fingerprint density at radius 2 is 1.68 bits per heavy atom. The van der Waals surface area contributed by atoms with E-state index in [2.05, 4.69) is 24.3 Å². The minimum atomic E-state index is -0.774. The second-order valence-corrected chi connectivity index (χ2v) is 12.1. The lowest BCUT2D eigenvalue weighted by molar-refractivity contribution is -0.127. The van der Waals surface area contributed by atoms with Crippen LogP contribution in [0.1, 0.15) is 43.5 Å². The molecule has 1 amide bonds. The third kappa shape index (κ3) is 6.06. The maximum atomic E-state index is 14.4. The van der Waals surface area contributed by atoms with Crippen LogP contribution in [0.3, 0.4) is 0 Å². The summed E-state index contributed by atoms with van der Waals surface area (Å²) in [4.78, 5) is 35.5. The van der Waals surface area contributed by atoms with E-state index >= 15 is 0 Å². The Kier molecular flexibility index (Phi) is 9.26. The molecule has 0 bridgehead atoms. The Labute approximate surface area is 277 Å². The van der Waals surface area contributed by atoms with Crippen LogP contribution in [0.25, 0.3) is 16.8 Å². The summed E-state index contributed by atoms with van der Waals surface area (Å²) in [6.45, 7) is 7.12. The smallest absolute Gasteiger partial charge is 0.271 e. The monoisotopic (exact) mass is 647 g/mol. The highest BCUT2D eigenvalue weighted by atomic mass is 32.1. The fourth-order valence-corrected chi connectivity index (χ4v) is 7.11. The average molecular weight is 648 g/mol. The van der Waals surface area contributed by atoms with E-state index in [1.165, 1.54) is 11.3 Å². The summed E-state index contributed by atoms with van der Waals surface area (Å²) in [7, 11) is 3.16. The zero-order valence-electron chi connectivity index (χ0n) is 27.2. The first-order chi connectivity index (χ1) is 22.9. The maximum absolute atomic E-state index is 14.4. The molecule has 2 heterocycles. The van der Waals surface area contributed by atoms with Crippen LogP contribution in [0.4, 0.5) is 0 Å². The van der Waals surface area contributed by atoms with Gasteiger partial charge in [0.15, 0.2) is 4.80 Å². The van der Waals surface area contributed by atoms with Gasteiger partial charge in [-0.3, -0.25) is 14.2 Å². The highest BCUT2D eigenvalue weighted by Gasteiger charge is 2.36. The van der Waals surface area contributed by atoms with Crippen molar-refractivity contribution in [3.8, 4) is 17.2 Å². The Balaban J connectivity index is 1.47. The molecule has 0 spiro atoms. The first-order valence-electron chi connectivity index (χ1n) is 15.6. The zero-order valence-corrected chi connectivity index (χ0v) is 28.0. The van der Waals surface area contributed by atoms with Crippen molar-refractivity contribution in [3.63, 3.8) is 0 Å². The van der Waals surface area contributed by atoms with E-state index in [0.29, 0.717) is 63.1 Å². The number of hydrogen-bond acceptors (Lipinski definition) is 7. The van der Waals surface area contributed by atoms with E-state index in [4.69, 9.17) is 19.2 Å². The zero-order chi connectivity index (χ0) is 33.1. The summed E-state index contributed by atoms with van der Waals surface area (Å²) < 4.78 is 19.8. The number of rotatable bonds is 10. The molecule has 0 N–H and O–H groups in total. The van der Waals surface area contributed by atoms with Crippen molar-refractivity contribution in [1.29, 1.82) is 0 Å². The number of thiazole rings is 1. The number of methoxy groups -OCH3 is 2. The van der Waals surface area contributed by atoms with Gasteiger partial charge >= 0.3 is 0 Å². The Bertz CT molecular complexity index is 2170. The van der Waals surface area contributed by atoms with Crippen LogP contribution in [0.2, 0.25) is 0 Å². The molecule has 0 saturated carbocycles. The quantitative estimate of drug-likeness (QED) is 0.190. The van der Waals surface area contributed by atoms with Crippen molar-refractivity contribution in [2.75, 3.05) is 27.3 Å². The van der Waals surface area contributed by atoms with E-state index in [1.54, 1.807) is 35.8 Å². The van der Waals surface area contributed by atoms with Gasteiger partial charge in [0.05, 0.1) is 30.0 Å². The van der Waals surface area contributed by atoms with Gasteiger partial charge in [0, 0.05) is 24.2 Å². The fraction of sp³-hybridized carbons (Fsp3) is 0.237. The minimum Gasteiger partial charge on any atom is -0.497 e. The number of benzene rings is 4. The number of nitrogens with zero attached hydrogens (tertiary/aromatic N) is 3. The number of amides is 1. The second kappa shape index (κ2) is 13.7. The first-order valence-corrected chi connectivity index (χ1v) is 16.4. The molecule has 0 fully saturated rings. The molecule has 1 aliphatic heterocycles. The van der Waals surface area contributed by atoms with Crippen LogP contribution in [0, 0.1) is 0 Å². The fourth-order valence-electron chi connectivity index (χ4n) is 6.07. The Morgan fingerprint density at radius 1 is 0.936 bits per heavy atom. The highest BCUT2D eigenvalue weighted by molar-refractivity contribution is 7.07. The summed E-state index contributed by atoms with van der Waals surface area (Å²) in [5.41, 5.74) is 3.21. The summed E-state index contributed by atoms with van der Waals surface area (Å²) in [5, 5.41) is 2.29. The summed E-state index contributed by atoms with van der Waals surface area (Å²) >= 11 is 1.28. The summed E-state index contributed by atoms with van der Waals surface area (Å²) in [5.74, 6) is 1.61. The molecule has 0 saturated heterocycles. The molecule has 0 aliphatic carbocycles. The van der Waals surface area contributed by atoms with Gasteiger partial charge in [0.25, 0.3) is 11.5 Å². The van der Waals surface area contributed by atoms with Crippen molar-refractivity contribution in [2.45, 2.75) is 33.4 Å². The first kappa shape index (κ1) is 31.8. The van der Waals surface area contributed by atoms with Crippen LogP contribution in [0.15, 0.2) is 106 Å². The second-order valence-electron chi connectivity index (χ2n) is 11.1. The molecular weight excluding hydrogens is 611 g/mol. The van der Waals surface area contributed by atoms with Crippen LogP contribution >= 0.6 is 11.3 Å². The van der Waals surface area contributed by atoms with Crippen molar-refractivity contribution in [3.05, 3.63) is 133 Å². The highest BCUT2D eigenvalue weighted by Crippen LogP contribution is 2.38. The Morgan fingerprint density at radius 3 is 2.45 bits per heavy atom.